The number of rotatable bonds is 3. The van der Waals surface area contributed by atoms with Gasteiger partial charge >= 0.3 is 0 Å². The van der Waals surface area contributed by atoms with Crippen LogP contribution in [0.1, 0.15) is 11.8 Å². The van der Waals surface area contributed by atoms with Crippen LogP contribution < -0.4 is 5.73 Å². The third-order valence-corrected chi connectivity index (χ3v) is 5.35. The van der Waals surface area contributed by atoms with Crippen LogP contribution >= 0.6 is 43.6 Å². The van der Waals surface area contributed by atoms with Crippen molar-refractivity contribution >= 4 is 43.6 Å². The third-order valence-electron chi connectivity index (χ3n) is 2.70. The first-order chi connectivity index (χ1) is 7.72. The zero-order valence-electron chi connectivity index (χ0n) is 8.79. The summed E-state index contributed by atoms with van der Waals surface area (Å²) in [7, 11) is 0. The van der Waals surface area contributed by atoms with E-state index in [1.165, 1.54) is 11.5 Å². The number of furan rings is 1. The van der Waals surface area contributed by atoms with Gasteiger partial charge in [0.25, 0.3) is 0 Å². The lowest BCUT2D eigenvalue weighted by Crippen LogP contribution is -2.39. The van der Waals surface area contributed by atoms with E-state index in [1.54, 1.807) is 0 Å². The van der Waals surface area contributed by atoms with Gasteiger partial charge in [0.1, 0.15) is 5.76 Å². The number of nitrogens with zero attached hydrogens (tertiary/aromatic N) is 1. The normalized spacial score (nSPS) is 19.9. The Labute approximate surface area is 116 Å². The molecule has 0 radical (unpaired) electrons. The van der Waals surface area contributed by atoms with Crippen molar-refractivity contribution in [2.45, 2.75) is 6.04 Å². The number of hydrogen-bond acceptors (Lipinski definition) is 4. The highest BCUT2D eigenvalue weighted by Gasteiger charge is 2.24. The van der Waals surface area contributed by atoms with Crippen molar-refractivity contribution in [3.63, 3.8) is 0 Å². The van der Waals surface area contributed by atoms with Crippen molar-refractivity contribution < 1.29 is 4.42 Å². The minimum atomic E-state index is 0.198. The lowest BCUT2D eigenvalue weighted by Gasteiger charge is -2.32. The molecule has 1 aromatic heterocycles. The average Bonchev–Trinajstić information content (AvgIpc) is 2.61. The van der Waals surface area contributed by atoms with E-state index in [-0.39, 0.29) is 6.04 Å². The predicted octanol–water partition coefficient (Wildman–Crippen LogP) is 2.85. The second-order valence-electron chi connectivity index (χ2n) is 3.67. The molecule has 0 saturated carbocycles. The van der Waals surface area contributed by atoms with Gasteiger partial charge in [-0.2, -0.15) is 11.8 Å². The van der Waals surface area contributed by atoms with E-state index in [1.807, 2.05) is 17.8 Å². The van der Waals surface area contributed by atoms with E-state index in [0.717, 1.165) is 28.0 Å². The summed E-state index contributed by atoms with van der Waals surface area (Å²) < 4.78 is 7.36. The Kier molecular flexibility index (Phi) is 4.78. The van der Waals surface area contributed by atoms with E-state index in [2.05, 4.69) is 36.8 Å². The quantitative estimate of drug-likeness (QED) is 0.889. The van der Waals surface area contributed by atoms with Crippen LogP contribution in [-0.2, 0) is 0 Å². The first-order valence-corrected chi connectivity index (χ1v) is 7.93. The van der Waals surface area contributed by atoms with Crippen molar-refractivity contribution in [3.05, 3.63) is 21.0 Å². The molecule has 0 aromatic carbocycles. The van der Waals surface area contributed by atoms with Crippen LogP contribution in [0, 0.1) is 0 Å². The van der Waals surface area contributed by atoms with Crippen molar-refractivity contribution in [2.75, 3.05) is 31.1 Å². The first-order valence-electron chi connectivity index (χ1n) is 5.19. The lowest BCUT2D eigenvalue weighted by molar-refractivity contribution is 0.196. The smallest absolute Gasteiger partial charge is 0.183 e. The summed E-state index contributed by atoms with van der Waals surface area (Å²) in [6, 6.07) is 2.20. The highest BCUT2D eigenvalue weighted by molar-refractivity contribution is 9.13. The third kappa shape index (κ3) is 2.85. The van der Waals surface area contributed by atoms with Crippen LogP contribution in [0.3, 0.4) is 0 Å². The lowest BCUT2D eigenvalue weighted by atomic mass is 10.2. The molecule has 1 atom stereocenters. The van der Waals surface area contributed by atoms with Crippen LogP contribution in [0.4, 0.5) is 0 Å². The zero-order valence-corrected chi connectivity index (χ0v) is 12.8. The zero-order chi connectivity index (χ0) is 11.5. The molecule has 1 unspecified atom stereocenters. The van der Waals surface area contributed by atoms with Gasteiger partial charge < -0.3 is 10.2 Å². The monoisotopic (exact) mass is 368 g/mol. The van der Waals surface area contributed by atoms with E-state index < -0.39 is 0 Å². The second-order valence-corrected chi connectivity index (χ2v) is 6.47. The number of thioether (sulfide) groups is 1. The van der Waals surface area contributed by atoms with Crippen molar-refractivity contribution in [2.24, 2.45) is 5.73 Å². The first kappa shape index (κ1) is 13.0. The molecule has 6 heteroatoms. The minimum absolute atomic E-state index is 0.198. The number of nitrogens with two attached hydrogens (primary N) is 1. The molecule has 2 heterocycles. The molecule has 3 nitrogen and oxygen atoms in total. The van der Waals surface area contributed by atoms with Crippen molar-refractivity contribution in [1.82, 2.24) is 4.90 Å². The van der Waals surface area contributed by atoms with E-state index in [9.17, 15) is 0 Å². The largest absolute Gasteiger partial charge is 0.451 e. The Hall–Kier alpha value is 0.510. The molecule has 1 fully saturated rings. The molecule has 0 amide bonds. The molecule has 16 heavy (non-hydrogen) atoms. The van der Waals surface area contributed by atoms with Gasteiger partial charge in [-0.3, -0.25) is 4.90 Å². The molecule has 0 bridgehead atoms. The Morgan fingerprint density at radius 1 is 1.44 bits per heavy atom. The predicted molar refractivity (Wildman–Crippen MR) is 74.8 cm³/mol. The topological polar surface area (TPSA) is 42.4 Å². The molecule has 1 aromatic rings. The summed E-state index contributed by atoms with van der Waals surface area (Å²) >= 11 is 8.79. The Morgan fingerprint density at radius 2 is 2.12 bits per heavy atom. The molecule has 2 N–H and O–H groups in total. The number of halogens is 2. The van der Waals surface area contributed by atoms with Gasteiger partial charge in [0, 0.05) is 31.1 Å². The molecular weight excluding hydrogens is 356 g/mol. The highest BCUT2D eigenvalue weighted by Crippen LogP contribution is 2.32. The van der Waals surface area contributed by atoms with Crippen LogP contribution in [0.15, 0.2) is 19.6 Å². The average molecular weight is 370 g/mol. The fourth-order valence-corrected chi connectivity index (χ4v) is 3.40. The van der Waals surface area contributed by atoms with Gasteiger partial charge in [0.15, 0.2) is 4.67 Å². The van der Waals surface area contributed by atoms with Gasteiger partial charge in [-0.15, -0.1) is 0 Å². The van der Waals surface area contributed by atoms with E-state index in [0.29, 0.717) is 6.54 Å². The molecule has 0 aliphatic carbocycles. The van der Waals surface area contributed by atoms with Gasteiger partial charge in [0.05, 0.1) is 10.5 Å². The molecule has 0 spiro atoms. The SMILES string of the molecule is NCC(c1cc(Br)c(Br)o1)N1CCSCC1. The second kappa shape index (κ2) is 5.91. The molecule has 1 aliphatic heterocycles. The Morgan fingerprint density at radius 3 is 2.62 bits per heavy atom. The maximum Gasteiger partial charge on any atom is 0.183 e. The van der Waals surface area contributed by atoms with Gasteiger partial charge in [-0.1, -0.05) is 0 Å². The van der Waals surface area contributed by atoms with E-state index in [4.69, 9.17) is 10.2 Å². The summed E-state index contributed by atoms with van der Waals surface area (Å²) in [5.74, 6) is 3.30. The molecule has 1 aliphatic rings. The van der Waals surface area contributed by atoms with Gasteiger partial charge in [-0.05, 0) is 37.9 Å². The maximum atomic E-state index is 5.86. The Bertz CT molecular complexity index is 333. The molecule has 2 rings (SSSR count). The van der Waals surface area contributed by atoms with Crippen molar-refractivity contribution in [1.29, 1.82) is 0 Å². The molecular formula is C10H14Br2N2OS. The highest BCUT2D eigenvalue weighted by atomic mass is 79.9. The van der Waals surface area contributed by atoms with Gasteiger partial charge in [0.2, 0.25) is 0 Å². The standard InChI is InChI=1S/C10H14Br2N2OS/c11-7-5-9(15-10(7)12)8(6-13)14-1-3-16-4-2-14/h5,8H,1-4,6,13H2. The summed E-state index contributed by atoms with van der Waals surface area (Å²) in [6.45, 7) is 2.77. The van der Waals surface area contributed by atoms with Crippen LogP contribution in [0.2, 0.25) is 0 Å². The summed E-state index contributed by atoms with van der Waals surface area (Å²) in [5, 5.41) is 0. The summed E-state index contributed by atoms with van der Waals surface area (Å²) in [4.78, 5) is 2.40. The summed E-state index contributed by atoms with van der Waals surface area (Å²) in [6.07, 6.45) is 0. The summed E-state index contributed by atoms with van der Waals surface area (Å²) in [5.41, 5.74) is 5.86. The van der Waals surface area contributed by atoms with E-state index >= 15 is 0 Å². The molecule has 90 valence electrons. The van der Waals surface area contributed by atoms with Gasteiger partial charge in [-0.25, -0.2) is 0 Å². The Balaban J connectivity index is 2.14. The fraction of sp³-hybridized carbons (Fsp3) is 0.600. The van der Waals surface area contributed by atoms with Crippen molar-refractivity contribution in [3.8, 4) is 0 Å². The number of hydrogen-bond donors (Lipinski definition) is 1. The van der Waals surface area contributed by atoms with Crippen LogP contribution in [0.5, 0.6) is 0 Å². The fourth-order valence-electron chi connectivity index (χ4n) is 1.86. The minimum Gasteiger partial charge on any atom is -0.451 e. The van der Waals surface area contributed by atoms with Crippen LogP contribution in [-0.4, -0.2) is 36.0 Å². The maximum absolute atomic E-state index is 5.86. The van der Waals surface area contributed by atoms with Crippen LogP contribution in [0.25, 0.3) is 0 Å². The molecule has 1 saturated heterocycles.